The highest BCUT2D eigenvalue weighted by atomic mass is 35.5. The molecule has 0 spiro atoms. The first-order chi connectivity index (χ1) is 11.1. The van der Waals surface area contributed by atoms with E-state index in [-0.39, 0.29) is 5.91 Å². The molecule has 1 atom stereocenters. The molecule has 1 saturated heterocycles. The lowest BCUT2D eigenvalue weighted by molar-refractivity contribution is -0.130. The molecular formula is C16H22ClN5O. The Hall–Kier alpha value is -1.95. The highest BCUT2D eigenvalue weighted by Gasteiger charge is 2.22. The highest BCUT2D eigenvalue weighted by molar-refractivity contribution is 6.30. The number of anilines is 1. The predicted molar refractivity (Wildman–Crippen MR) is 93.1 cm³/mol. The Morgan fingerprint density at radius 1 is 1.30 bits per heavy atom. The van der Waals surface area contributed by atoms with Gasteiger partial charge in [0.1, 0.15) is 0 Å². The van der Waals surface area contributed by atoms with E-state index >= 15 is 0 Å². The average molecular weight is 336 g/mol. The number of piperazine rings is 1. The zero-order valence-corrected chi connectivity index (χ0v) is 14.0. The maximum atomic E-state index is 12.3. The smallest absolute Gasteiger partial charge is 0.242 e. The third-order valence-corrected chi connectivity index (χ3v) is 4.39. The predicted octanol–water partition coefficient (Wildman–Crippen LogP) is 0.926. The normalized spacial score (nSPS) is 21.0. The molecule has 2 N–H and O–H groups in total. The van der Waals surface area contributed by atoms with Crippen molar-refractivity contribution in [2.45, 2.75) is 13.0 Å². The van der Waals surface area contributed by atoms with Crippen molar-refractivity contribution in [2.75, 3.05) is 44.2 Å². The first-order valence-corrected chi connectivity index (χ1v) is 8.33. The maximum absolute atomic E-state index is 12.3. The van der Waals surface area contributed by atoms with Gasteiger partial charge in [-0.15, -0.1) is 0 Å². The Labute approximate surface area is 141 Å². The number of hydrogen-bond acceptors (Lipinski definition) is 5. The molecule has 6 nitrogen and oxygen atoms in total. The van der Waals surface area contributed by atoms with Gasteiger partial charge in [0, 0.05) is 42.9 Å². The van der Waals surface area contributed by atoms with Gasteiger partial charge < -0.3 is 20.4 Å². The molecule has 1 unspecified atom stereocenters. The van der Waals surface area contributed by atoms with E-state index in [4.69, 9.17) is 11.6 Å². The van der Waals surface area contributed by atoms with Crippen LogP contribution in [0.2, 0.25) is 5.02 Å². The zero-order valence-electron chi connectivity index (χ0n) is 13.3. The molecule has 1 aromatic carbocycles. The summed E-state index contributed by atoms with van der Waals surface area (Å²) in [7, 11) is 0. The third-order valence-electron chi connectivity index (χ3n) is 4.14. The fourth-order valence-corrected chi connectivity index (χ4v) is 2.92. The Kier molecular flexibility index (Phi) is 4.91. The van der Waals surface area contributed by atoms with Crippen LogP contribution < -0.4 is 15.5 Å². The molecule has 0 aliphatic carbocycles. The Bertz CT molecular complexity index is 581. The molecule has 0 saturated carbocycles. The minimum atomic E-state index is 0.116. The number of benzene rings is 1. The number of nitrogens with zero attached hydrogens (tertiary/aromatic N) is 3. The van der Waals surface area contributed by atoms with Crippen molar-refractivity contribution in [3.05, 3.63) is 29.3 Å². The van der Waals surface area contributed by atoms with Crippen LogP contribution in [-0.4, -0.2) is 62.1 Å². The topological polar surface area (TPSA) is 60.0 Å². The van der Waals surface area contributed by atoms with Crippen LogP contribution in [0.15, 0.2) is 29.3 Å². The molecule has 23 heavy (non-hydrogen) atoms. The number of rotatable bonds is 3. The molecule has 0 bridgehead atoms. The molecule has 3 rings (SSSR count). The molecule has 2 heterocycles. The summed E-state index contributed by atoms with van der Waals surface area (Å²) < 4.78 is 0. The van der Waals surface area contributed by atoms with Crippen molar-refractivity contribution < 1.29 is 4.79 Å². The zero-order chi connectivity index (χ0) is 16.2. The number of nitrogens with one attached hydrogen (secondary N) is 2. The van der Waals surface area contributed by atoms with Crippen LogP contribution in [0, 0.1) is 0 Å². The van der Waals surface area contributed by atoms with Crippen LogP contribution in [0.4, 0.5) is 5.69 Å². The number of carbonyl (C=O) groups is 1. The lowest BCUT2D eigenvalue weighted by atomic mass is 10.2. The van der Waals surface area contributed by atoms with E-state index in [2.05, 4.69) is 27.4 Å². The first kappa shape index (κ1) is 15.9. The quantitative estimate of drug-likeness (QED) is 0.862. The van der Waals surface area contributed by atoms with Crippen molar-refractivity contribution in [3.63, 3.8) is 0 Å². The average Bonchev–Trinajstić information content (AvgIpc) is 2.99. The number of hydrogen-bond donors (Lipinski definition) is 2. The van der Waals surface area contributed by atoms with Gasteiger partial charge in [0.2, 0.25) is 5.91 Å². The molecule has 0 radical (unpaired) electrons. The molecule has 1 fully saturated rings. The third kappa shape index (κ3) is 4.07. The molecule has 2 aliphatic rings. The minimum absolute atomic E-state index is 0.116. The second-order valence-electron chi connectivity index (χ2n) is 5.93. The van der Waals surface area contributed by atoms with E-state index in [9.17, 15) is 4.79 Å². The molecule has 7 heteroatoms. The minimum Gasteiger partial charge on any atom is -0.368 e. The number of halogens is 1. The summed E-state index contributed by atoms with van der Waals surface area (Å²) in [6.45, 7) is 6.26. The van der Waals surface area contributed by atoms with Crippen molar-refractivity contribution in [3.8, 4) is 0 Å². The molecule has 2 aliphatic heterocycles. The molecule has 0 aromatic heterocycles. The van der Waals surface area contributed by atoms with E-state index in [0.717, 1.165) is 49.4 Å². The van der Waals surface area contributed by atoms with Crippen LogP contribution in [0.3, 0.4) is 0 Å². The van der Waals surface area contributed by atoms with Crippen LogP contribution in [0.1, 0.15) is 6.92 Å². The standard InChI is InChI=1S/C16H22ClN5O/c1-12-10-18-16(20-12)19-11-15(23)22-8-6-21(7-9-22)14-4-2-13(17)3-5-14/h2-5,12H,6-11H2,1H3,(H2,18,19,20). The Morgan fingerprint density at radius 3 is 2.61 bits per heavy atom. The van der Waals surface area contributed by atoms with Gasteiger partial charge in [0.15, 0.2) is 5.96 Å². The lowest BCUT2D eigenvalue weighted by Crippen LogP contribution is -2.52. The summed E-state index contributed by atoms with van der Waals surface area (Å²) in [4.78, 5) is 20.7. The lowest BCUT2D eigenvalue weighted by Gasteiger charge is -2.36. The number of amides is 1. The number of aliphatic imine (C=N–C) groups is 1. The van der Waals surface area contributed by atoms with Gasteiger partial charge >= 0.3 is 0 Å². The SMILES string of the molecule is CC1CN=C(NCC(=O)N2CCN(c3ccc(Cl)cc3)CC2)N1. The first-order valence-electron chi connectivity index (χ1n) is 7.95. The Morgan fingerprint density at radius 2 is 2.00 bits per heavy atom. The van der Waals surface area contributed by atoms with Gasteiger partial charge in [0.25, 0.3) is 0 Å². The maximum Gasteiger partial charge on any atom is 0.242 e. The van der Waals surface area contributed by atoms with E-state index in [0.29, 0.717) is 12.6 Å². The van der Waals surface area contributed by atoms with E-state index in [1.165, 1.54) is 0 Å². The van der Waals surface area contributed by atoms with Gasteiger partial charge in [-0.05, 0) is 31.2 Å². The summed E-state index contributed by atoms with van der Waals surface area (Å²) in [5.41, 5.74) is 1.15. The van der Waals surface area contributed by atoms with Crippen molar-refractivity contribution in [1.82, 2.24) is 15.5 Å². The Balaban J connectivity index is 1.45. The van der Waals surface area contributed by atoms with E-state index in [1.54, 1.807) is 0 Å². The van der Waals surface area contributed by atoms with Gasteiger partial charge in [-0.2, -0.15) is 0 Å². The van der Waals surface area contributed by atoms with E-state index < -0.39 is 0 Å². The van der Waals surface area contributed by atoms with Crippen molar-refractivity contribution >= 4 is 29.2 Å². The monoisotopic (exact) mass is 335 g/mol. The second kappa shape index (κ2) is 7.08. The van der Waals surface area contributed by atoms with Crippen molar-refractivity contribution in [2.24, 2.45) is 4.99 Å². The molecule has 1 aromatic rings. The fraction of sp³-hybridized carbons (Fsp3) is 0.500. The number of carbonyl (C=O) groups excluding carboxylic acids is 1. The van der Waals surface area contributed by atoms with Crippen molar-refractivity contribution in [1.29, 1.82) is 0 Å². The van der Waals surface area contributed by atoms with Gasteiger partial charge in [-0.1, -0.05) is 11.6 Å². The van der Waals surface area contributed by atoms with Crippen LogP contribution >= 0.6 is 11.6 Å². The molecule has 124 valence electrons. The van der Waals surface area contributed by atoms with Crippen LogP contribution in [-0.2, 0) is 4.79 Å². The van der Waals surface area contributed by atoms with Gasteiger partial charge in [-0.25, -0.2) is 0 Å². The summed E-state index contributed by atoms with van der Waals surface area (Å²) in [6, 6.07) is 8.18. The summed E-state index contributed by atoms with van der Waals surface area (Å²) in [5, 5.41) is 7.01. The van der Waals surface area contributed by atoms with E-state index in [1.807, 2.05) is 29.2 Å². The number of guanidine groups is 1. The molecule has 1 amide bonds. The molecular weight excluding hydrogens is 314 g/mol. The fourth-order valence-electron chi connectivity index (χ4n) is 2.80. The summed E-state index contributed by atoms with van der Waals surface area (Å²) >= 11 is 5.92. The van der Waals surface area contributed by atoms with Crippen LogP contribution in [0.25, 0.3) is 0 Å². The summed E-state index contributed by atoms with van der Waals surface area (Å²) in [5.74, 6) is 0.843. The van der Waals surface area contributed by atoms with Crippen LogP contribution in [0.5, 0.6) is 0 Å². The van der Waals surface area contributed by atoms with Gasteiger partial charge in [-0.3, -0.25) is 9.79 Å². The second-order valence-corrected chi connectivity index (χ2v) is 6.37. The highest BCUT2D eigenvalue weighted by Crippen LogP contribution is 2.19. The largest absolute Gasteiger partial charge is 0.368 e. The van der Waals surface area contributed by atoms with Gasteiger partial charge in [0.05, 0.1) is 13.1 Å². The summed E-state index contributed by atoms with van der Waals surface area (Å²) in [6.07, 6.45) is 0.